The molecule has 1 aromatic carbocycles. The zero-order valence-corrected chi connectivity index (χ0v) is 22.8. The third-order valence-electron chi connectivity index (χ3n) is 6.67. The normalized spacial score (nSPS) is 14.4. The first-order valence-electron chi connectivity index (χ1n) is 12.9. The average Bonchev–Trinajstić information content (AvgIpc) is 3.56. The summed E-state index contributed by atoms with van der Waals surface area (Å²) >= 11 is 0. The van der Waals surface area contributed by atoms with Crippen LogP contribution in [0.1, 0.15) is 52.5 Å². The van der Waals surface area contributed by atoms with E-state index in [2.05, 4.69) is 20.6 Å². The summed E-state index contributed by atoms with van der Waals surface area (Å²) in [6.45, 7) is 7.55. The number of nitrogens with zero attached hydrogens (tertiary/aromatic N) is 4. The number of nitrogens with one attached hydrogen (secondary N) is 2. The lowest BCUT2D eigenvalue weighted by molar-refractivity contribution is -0.137. The molecular formula is C27H35F3N6O4. The highest BCUT2D eigenvalue weighted by Crippen LogP contribution is 2.32. The van der Waals surface area contributed by atoms with E-state index < -0.39 is 47.3 Å². The van der Waals surface area contributed by atoms with Crippen molar-refractivity contribution in [2.24, 2.45) is 5.41 Å². The van der Waals surface area contributed by atoms with E-state index in [-0.39, 0.29) is 18.8 Å². The topological polar surface area (TPSA) is 136 Å². The van der Waals surface area contributed by atoms with Gasteiger partial charge in [-0.1, -0.05) is 52.7 Å². The number of carboxylic acid groups (broad SMARTS) is 1. The van der Waals surface area contributed by atoms with Gasteiger partial charge in [-0.15, -0.1) is 0 Å². The van der Waals surface area contributed by atoms with Crippen molar-refractivity contribution < 1.29 is 33.0 Å². The molecule has 0 aliphatic heterocycles. The van der Waals surface area contributed by atoms with Gasteiger partial charge in [-0.05, 0) is 30.0 Å². The lowest BCUT2D eigenvalue weighted by Gasteiger charge is -2.44. The lowest BCUT2D eigenvalue weighted by Crippen LogP contribution is -2.59. The van der Waals surface area contributed by atoms with Crippen molar-refractivity contribution >= 4 is 17.8 Å². The molecule has 0 aliphatic carbocycles. The lowest BCUT2D eigenvalue weighted by atomic mass is 9.83. The predicted octanol–water partition coefficient (Wildman–Crippen LogP) is 5.25. The van der Waals surface area contributed by atoms with Crippen molar-refractivity contribution in [1.82, 2.24) is 24.9 Å². The molecule has 2 heterocycles. The molecule has 3 atom stereocenters. The second kappa shape index (κ2) is 12.5. The van der Waals surface area contributed by atoms with Crippen molar-refractivity contribution in [1.29, 1.82) is 0 Å². The number of hydrogen-bond donors (Lipinski definition) is 4. The van der Waals surface area contributed by atoms with Crippen LogP contribution in [-0.2, 0) is 17.5 Å². The molecule has 218 valence electrons. The number of carbonyl (C=O) groups is 2. The maximum atomic E-state index is 12.9. The number of aliphatic hydroxyl groups is 1. The number of anilines is 1. The van der Waals surface area contributed by atoms with Gasteiger partial charge in [0, 0.05) is 17.8 Å². The Labute approximate surface area is 230 Å². The molecule has 0 bridgehead atoms. The molecule has 0 saturated carbocycles. The third-order valence-corrected chi connectivity index (χ3v) is 6.67. The quantitative estimate of drug-likeness (QED) is 0.251. The van der Waals surface area contributed by atoms with Gasteiger partial charge in [0.25, 0.3) is 5.91 Å². The molecule has 0 fully saturated rings. The molecule has 0 radical (unpaired) electrons. The fraction of sp³-hybridized carbons (Fsp3) is 0.481. The van der Waals surface area contributed by atoms with Crippen LogP contribution in [0, 0.1) is 5.41 Å². The second-order valence-electron chi connectivity index (χ2n) is 10.7. The first kappa shape index (κ1) is 30.7. The van der Waals surface area contributed by atoms with Crippen molar-refractivity contribution in [3.8, 4) is 11.3 Å². The van der Waals surface area contributed by atoms with Gasteiger partial charge < -0.3 is 15.5 Å². The van der Waals surface area contributed by atoms with Crippen molar-refractivity contribution in [3.63, 3.8) is 0 Å². The van der Waals surface area contributed by atoms with E-state index in [0.717, 1.165) is 17.0 Å². The first-order valence-corrected chi connectivity index (χ1v) is 12.9. The standard InChI is InChI=1S/C27H35F3N6O4/c1-5-6-7-20(23(37)24(38)32-22-12-14-31-33-22)36(25(39)40)21(26(2,3)4)16-35-15-13-19(34-35)17-8-10-18(11-9-17)27(28,29)30/h8-15,20-21,23,37H,5-7,16H2,1-4H3,(H,39,40)(H2,31,32,33,38)/t20-,21+,23+/m0/s1. The number of aliphatic hydroxyl groups excluding tert-OH is 1. The van der Waals surface area contributed by atoms with Crippen LogP contribution < -0.4 is 5.32 Å². The molecule has 2 aromatic heterocycles. The third kappa shape index (κ3) is 7.62. The Kier molecular flexibility index (Phi) is 9.61. The molecule has 0 aliphatic rings. The van der Waals surface area contributed by atoms with E-state index >= 15 is 0 Å². The highest BCUT2D eigenvalue weighted by Gasteiger charge is 2.42. The Morgan fingerprint density at radius 1 is 1.12 bits per heavy atom. The fourth-order valence-corrected chi connectivity index (χ4v) is 4.48. The van der Waals surface area contributed by atoms with Crippen LogP contribution in [0.4, 0.5) is 23.8 Å². The number of amides is 2. The van der Waals surface area contributed by atoms with Gasteiger partial charge in [0.1, 0.15) is 5.82 Å². The molecule has 2 amide bonds. The number of aromatic amines is 1. The number of halogens is 3. The highest BCUT2D eigenvalue weighted by atomic mass is 19.4. The van der Waals surface area contributed by atoms with Gasteiger partial charge in [-0.3, -0.25) is 19.5 Å². The monoisotopic (exact) mass is 564 g/mol. The highest BCUT2D eigenvalue weighted by molar-refractivity contribution is 5.94. The maximum absolute atomic E-state index is 12.9. The molecule has 13 heteroatoms. The number of rotatable bonds is 11. The first-order chi connectivity index (χ1) is 18.7. The second-order valence-corrected chi connectivity index (χ2v) is 10.7. The predicted molar refractivity (Wildman–Crippen MR) is 142 cm³/mol. The van der Waals surface area contributed by atoms with Crippen LogP contribution in [0.25, 0.3) is 11.3 Å². The molecular weight excluding hydrogens is 529 g/mol. The fourth-order valence-electron chi connectivity index (χ4n) is 4.48. The van der Waals surface area contributed by atoms with Gasteiger partial charge >= 0.3 is 12.3 Å². The van der Waals surface area contributed by atoms with Crippen LogP contribution in [0.5, 0.6) is 0 Å². The summed E-state index contributed by atoms with van der Waals surface area (Å²) in [5, 5.41) is 34.8. The zero-order valence-electron chi connectivity index (χ0n) is 22.8. The Bertz CT molecular complexity index is 1250. The van der Waals surface area contributed by atoms with Crippen LogP contribution in [0.2, 0.25) is 0 Å². The Morgan fingerprint density at radius 3 is 2.33 bits per heavy atom. The smallest absolute Gasteiger partial charge is 0.416 e. The molecule has 40 heavy (non-hydrogen) atoms. The van der Waals surface area contributed by atoms with Crippen molar-refractivity contribution in [3.05, 3.63) is 54.4 Å². The van der Waals surface area contributed by atoms with Crippen LogP contribution in [0.15, 0.2) is 48.8 Å². The van der Waals surface area contributed by atoms with Crippen molar-refractivity contribution in [2.75, 3.05) is 5.32 Å². The van der Waals surface area contributed by atoms with E-state index in [4.69, 9.17) is 0 Å². The summed E-state index contributed by atoms with van der Waals surface area (Å²) in [5.74, 6) is -0.507. The summed E-state index contributed by atoms with van der Waals surface area (Å²) in [6, 6.07) is 5.96. The summed E-state index contributed by atoms with van der Waals surface area (Å²) in [4.78, 5) is 26.7. The summed E-state index contributed by atoms with van der Waals surface area (Å²) < 4.78 is 40.4. The van der Waals surface area contributed by atoms with E-state index in [1.165, 1.54) is 29.1 Å². The molecule has 4 N–H and O–H groups in total. The maximum Gasteiger partial charge on any atom is 0.416 e. The van der Waals surface area contributed by atoms with Gasteiger partial charge in [-0.25, -0.2) is 4.79 Å². The van der Waals surface area contributed by atoms with Gasteiger partial charge in [0.2, 0.25) is 0 Å². The van der Waals surface area contributed by atoms with E-state index in [1.807, 2.05) is 27.7 Å². The molecule has 0 spiro atoms. The van der Waals surface area contributed by atoms with E-state index in [1.54, 1.807) is 12.3 Å². The molecule has 3 aromatic rings. The largest absolute Gasteiger partial charge is 0.465 e. The Balaban J connectivity index is 1.90. The number of unbranched alkanes of at least 4 members (excludes halogenated alkanes) is 1. The van der Waals surface area contributed by atoms with Gasteiger partial charge in [0.05, 0.1) is 36.1 Å². The van der Waals surface area contributed by atoms with E-state index in [9.17, 15) is 33.0 Å². The minimum Gasteiger partial charge on any atom is -0.465 e. The van der Waals surface area contributed by atoms with Crippen LogP contribution in [0.3, 0.4) is 0 Å². The van der Waals surface area contributed by atoms with Gasteiger partial charge in [0.15, 0.2) is 6.10 Å². The summed E-state index contributed by atoms with van der Waals surface area (Å²) in [6.07, 6.45) is -2.85. The molecule has 0 unspecified atom stereocenters. The Hall–Kier alpha value is -3.87. The van der Waals surface area contributed by atoms with Crippen molar-refractivity contribution in [2.45, 2.75) is 77.9 Å². The number of H-pyrrole nitrogens is 1. The number of aromatic nitrogens is 4. The van der Waals surface area contributed by atoms with Crippen LogP contribution >= 0.6 is 0 Å². The number of alkyl halides is 3. The summed E-state index contributed by atoms with van der Waals surface area (Å²) in [5.41, 5.74) is -0.525. The number of benzene rings is 1. The Morgan fingerprint density at radius 2 is 1.80 bits per heavy atom. The zero-order chi connectivity index (χ0) is 29.7. The number of hydrogen-bond acceptors (Lipinski definition) is 5. The van der Waals surface area contributed by atoms with Gasteiger partial charge in [-0.2, -0.15) is 23.4 Å². The van der Waals surface area contributed by atoms with Crippen LogP contribution in [-0.4, -0.2) is 65.3 Å². The molecule has 10 nitrogen and oxygen atoms in total. The summed E-state index contributed by atoms with van der Waals surface area (Å²) in [7, 11) is 0. The number of carbonyl (C=O) groups excluding carboxylic acids is 1. The molecule has 3 rings (SSSR count). The average molecular weight is 565 g/mol. The van der Waals surface area contributed by atoms with E-state index in [0.29, 0.717) is 24.1 Å². The minimum atomic E-state index is -4.45. The minimum absolute atomic E-state index is 0.0773. The molecule has 0 saturated heterocycles. The SMILES string of the molecule is CCCC[C@@H]([C@@H](O)C(=O)Nc1ccn[nH]1)N(C(=O)O)[C@H](Cn1ccc(-c2ccc(C(F)(F)F)cc2)n1)C(C)(C)C.